The van der Waals surface area contributed by atoms with Gasteiger partial charge in [0.2, 0.25) is 0 Å². The van der Waals surface area contributed by atoms with Gasteiger partial charge >= 0.3 is 0 Å². The summed E-state index contributed by atoms with van der Waals surface area (Å²) in [4.78, 5) is 4.63. The Balaban J connectivity index is 1.73. The van der Waals surface area contributed by atoms with E-state index in [1.807, 2.05) is 18.3 Å². The molecule has 3 heterocycles. The topological polar surface area (TPSA) is 27.1 Å². The summed E-state index contributed by atoms with van der Waals surface area (Å²) in [7, 11) is 0. The highest BCUT2D eigenvalue weighted by Crippen LogP contribution is 2.51. The van der Waals surface area contributed by atoms with Crippen LogP contribution < -0.4 is 0 Å². The van der Waals surface area contributed by atoms with Crippen molar-refractivity contribution in [3.05, 3.63) is 77.9 Å². The van der Waals surface area contributed by atoms with Gasteiger partial charge in [0.1, 0.15) is 11.6 Å². The maximum absolute atomic E-state index is 13.7. The summed E-state index contributed by atoms with van der Waals surface area (Å²) in [6.07, 6.45) is 7.04. The first-order valence-electron chi connectivity index (χ1n) is 9.26. The van der Waals surface area contributed by atoms with Crippen LogP contribution in [0.1, 0.15) is 30.4 Å². The maximum atomic E-state index is 13.7. The minimum atomic E-state index is -0.335. The molecule has 5 rings (SSSR count). The fourth-order valence-electron chi connectivity index (χ4n) is 4.69. The number of halogens is 1. The molecule has 0 radical (unpaired) electrons. The van der Waals surface area contributed by atoms with Gasteiger partial charge in [-0.25, -0.2) is 9.37 Å². The van der Waals surface area contributed by atoms with Gasteiger partial charge in [0, 0.05) is 31.2 Å². The molecule has 2 aliphatic heterocycles. The van der Waals surface area contributed by atoms with Crippen LogP contribution in [0.15, 0.2) is 60.9 Å². The average molecular weight is 348 g/mol. The van der Waals surface area contributed by atoms with Crippen molar-refractivity contribution in [2.24, 2.45) is 5.92 Å². The van der Waals surface area contributed by atoms with Gasteiger partial charge in [-0.2, -0.15) is 0 Å². The number of nitrogens with zero attached hydrogens (tertiary/aromatic N) is 2. The van der Waals surface area contributed by atoms with Crippen molar-refractivity contribution in [2.75, 3.05) is 13.2 Å². The fraction of sp³-hybridized carbons (Fsp3) is 0.318. The van der Waals surface area contributed by atoms with E-state index in [1.165, 1.54) is 11.1 Å². The standard InChI is InChI=1S/C22H21FN2O/c23-18-7-5-17(6-8-18)22(15-16-9-13-26-14-10-16)20-4-2-1-3-19(20)21-24-11-12-25(21)22/h1-8,11-12,16H,9-10,13-15H2/t22-/m0/s1. The Morgan fingerprint density at radius 3 is 2.65 bits per heavy atom. The largest absolute Gasteiger partial charge is 0.381 e. The lowest BCUT2D eigenvalue weighted by Gasteiger charge is -2.38. The average Bonchev–Trinajstić information content (AvgIpc) is 3.26. The number of hydrogen-bond donors (Lipinski definition) is 0. The Kier molecular flexibility index (Phi) is 3.68. The molecule has 2 aromatic carbocycles. The molecule has 3 aromatic rings. The molecule has 0 aliphatic carbocycles. The van der Waals surface area contributed by atoms with Crippen LogP contribution in [-0.2, 0) is 10.3 Å². The third-order valence-corrected chi connectivity index (χ3v) is 5.91. The molecule has 132 valence electrons. The summed E-state index contributed by atoms with van der Waals surface area (Å²) in [6.45, 7) is 1.64. The molecule has 0 N–H and O–H groups in total. The smallest absolute Gasteiger partial charge is 0.141 e. The van der Waals surface area contributed by atoms with Gasteiger partial charge in [0.05, 0.1) is 5.54 Å². The first kappa shape index (κ1) is 15.8. The van der Waals surface area contributed by atoms with Crippen molar-refractivity contribution >= 4 is 0 Å². The Bertz CT molecular complexity index is 927. The molecular weight excluding hydrogens is 327 g/mol. The van der Waals surface area contributed by atoms with Crippen LogP contribution >= 0.6 is 0 Å². The summed E-state index contributed by atoms with van der Waals surface area (Å²) in [6, 6.07) is 15.5. The number of ether oxygens (including phenoxy) is 1. The highest BCUT2D eigenvalue weighted by atomic mass is 19.1. The summed E-state index contributed by atoms with van der Waals surface area (Å²) >= 11 is 0. The zero-order valence-corrected chi connectivity index (χ0v) is 14.6. The second-order valence-electron chi connectivity index (χ2n) is 7.29. The van der Waals surface area contributed by atoms with Crippen LogP contribution in [0, 0.1) is 11.7 Å². The van der Waals surface area contributed by atoms with E-state index >= 15 is 0 Å². The monoisotopic (exact) mass is 348 g/mol. The molecule has 1 saturated heterocycles. The predicted octanol–water partition coefficient (Wildman–Crippen LogP) is 4.61. The summed E-state index contributed by atoms with van der Waals surface area (Å²) in [5.74, 6) is 1.36. The minimum Gasteiger partial charge on any atom is -0.381 e. The lowest BCUT2D eigenvalue weighted by molar-refractivity contribution is 0.0566. The molecule has 26 heavy (non-hydrogen) atoms. The van der Waals surface area contributed by atoms with E-state index in [0.717, 1.165) is 43.9 Å². The molecule has 0 spiro atoms. The van der Waals surface area contributed by atoms with Crippen LogP contribution in [0.25, 0.3) is 11.4 Å². The number of rotatable bonds is 3. The summed E-state index contributed by atoms with van der Waals surface area (Å²) in [5, 5.41) is 0. The maximum Gasteiger partial charge on any atom is 0.141 e. The highest BCUT2D eigenvalue weighted by molar-refractivity contribution is 5.71. The zero-order valence-electron chi connectivity index (χ0n) is 14.6. The van der Waals surface area contributed by atoms with Gasteiger partial charge in [-0.1, -0.05) is 36.4 Å². The van der Waals surface area contributed by atoms with E-state index < -0.39 is 0 Å². The molecule has 0 saturated carbocycles. The quantitative estimate of drug-likeness (QED) is 0.691. The molecule has 1 fully saturated rings. The van der Waals surface area contributed by atoms with Gasteiger partial charge in [0.25, 0.3) is 0 Å². The van der Waals surface area contributed by atoms with Crippen LogP contribution in [0.4, 0.5) is 4.39 Å². The highest BCUT2D eigenvalue weighted by Gasteiger charge is 2.46. The van der Waals surface area contributed by atoms with E-state index in [-0.39, 0.29) is 11.4 Å². The first-order chi connectivity index (χ1) is 12.8. The summed E-state index contributed by atoms with van der Waals surface area (Å²) in [5.41, 5.74) is 3.22. The molecule has 2 aliphatic rings. The Labute approximate surface area is 152 Å². The van der Waals surface area contributed by atoms with Crippen molar-refractivity contribution in [1.82, 2.24) is 9.55 Å². The molecular formula is C22H21FN2O. The Morgan fingerprint density at radius 1 is 1.08 bits per heavy atom. The van der Waals surface area contributed by atoms with Crippen molar-refractivity contribution < 1.29 is 9.13 Å². The second kappa shape index (κ2) is 6.06. The van der Waals surface area contributed by atoms with E-state index in [4.69, 9.17) is 4.74 Å². The second-order valence-corrected chi connectivity index (χ2v) is 7.29. The van der Waals surface area contributed by atoms with Gasteiger partial charge in [-0.15, -0.1) is 0 Å². The SMILES string of the molecule is Fc1ccc([C@@]2(CC3CCOCC3)c3ccccc3-c3nccn32)cc1. The molecule has 3 nitrogen and oxygen atoms in total. The lowest BCUT2D eigenvalue weighted by Crippen LogP contribution is -2.36. The van der Waals surface area contributed by atoms with Crippen LogP contribution in [0.5, 0.6) is 0 Å². The van der Waals surface area contributed by atoms with Crippen LogP contribution in [-0.4, -0.2) is 22.8 Å². The predicted molar refractivity (Wildman–Crippen MR) is 98.4 cm³/mol. The van der Waals surface area contributed by atoms with Crippen molar-refractivity contribution in [3.63, 3.8) is 0 Å². The molecule has 0 bridgehead atoms. The van der Waals surface area contributed by atoms with Crippen LogP contribution in [0.3, 0.4) is 0 Å². The summed E-state index contributed by atoms with van der Waals surface area (Å²) < 4.78 is 21.5. The third-order valence-electron chi connectivity index (χ3n) is 5.91. The van der Waals surface area contributed by atoms with Crippen molar-refractivity contribution in [3.8, 4) is 11.4 Å². The van der Waals surface area contributed by atoms with E-state index in [9.17, 15) is 4.39 Å². The van der Waals surface area contributed by atoms with Crippen molar-refractivity contribution in [2.45, 2.75) is 24.8 Å². The minimum absolute atomic E-state index is 0.202. The molecule has 1 atom stereocenters. The van der Waals surface area contributed by atoms with Gasteiger partial charge in [-0.3, -0.25) is 0 Å². The number of fused-ring (bicyclic) bond motifs is 3. The number of benzene rings is 2. The Hall–Kier alpha value is -2.46. The molecule has 1 aromatic heterocycles. The van der Waals surface area contributed by atoms with E-state index in [2.05, 4.69) is 40.0 Å². The van der Waals surface area contributed by atoms with Crippen LogP contribution in [0.2, 0.25) is 0 Å². The van der Waals surface area contributed by atoms with Gasteiger partial charge in [-0.05, 0) is 48.4 Å². The molecule has 0 amide bonds. The lowest BCUT2D eigenvalue weighted by atomic mass is 9.74. The van der Waals surface area contributed by atoms with Gasteiger partial charge < -0.3 is 9.30 Å². The van der Waals surface area contributed by atoms with Crippen molar-refractivity contribution in [1.29, 1.82) is 0 Å². The third kappa shape index (κ3) is 2.25. The van der Waals surface area contributed by atoms with E-state index in [1.54, 1.807) is 12.1 Å². The number of imidazole rings is 1. The fourth-order valence-corrected chi connectivity index (χ4v) is 4.69. The normalized spacial score (nSPS) is 22.2. The molecule has 0 unspecified atom stereocenters. The molecule has 4 heteroatoms. The first-order valence-corrected chi connectivity index (χ1v) is 9.26. The Morgan fingerprint density at radius 2 is 1.85 bits per heavy atom. The van der Waals surface area contributed by atoms with Gasteiger partial charge in [0.15, 0.2) is 0 Å². The zero-order chi connectivity index (χ0) is 17.6. The van der Waals surface area contributed by atoms with E-state index in [0.29, 0.717) is 5.92 Å². The number of hydrogen-bond acceptors (Lipinski definition) is 2. The number of aromatic nitrogens is 2.